The predicted molar refractivity (Wildman–Crippen MR) is 131 cm³/mol. The van der Waals surface area contributed by atoms with Gasteiger partial charge in [0.25, 0.3) is 0 Å². The van der Waals surface area contributed by atoms with Crippen LogP contribution < -0.4 is 0 Å². The van der Waals surface area contributed by atoms with Gasteiger partial charge in [0.1, 0.15) is 0 Å². The number of hydrogen-bond donors (Lipinski definition) is 0. The fourth-order valence-corrected chi connectivity index (χ4v) is 6.71. The first-order valence-corrected chi connectivity index (χ1v) is 13.4. The molecule has 0 aliphatic heterocycles. The van der Waals surface area contributed by atoms with E-state index in [9.17, 15) is 0 Å². The van der Waals surface area contributed by atoms with Crippen molar-refractivity contribution in [3.63, 3.8) is 0 Å². The van der Waals surface area contributed by atoms with Crippen molar-refractivity contribution in [2.24, 2.45) is 22.7 Å². The Morgan fingerprint density at radius 2 is 1.14 bits per heavy atom. The third-order valence-electron chi connectivity index (χ3n) is 8.21. The molecule has 3 unspecified atom stereocenters. The number of rotatable bonds is 19. The summed E-state index contributed by atoms with van der Waals surface area (Å²) in [6.45, 7) is 19.7. The molecule has 0 amide bonds. The first kappa shape index (κ1) is 28.0. The highest BCUT2D eigenvalue weighted by atomic mass is 14.6. The monoisotopic (exact) mass is 394 g/mol. The Balaban J connectivity index is 6.04. The van der Waals surface area contributed by atoms with E-state index in [2.05, 4.69) is 55.4 Å². The molecule has 0 nitrogen and oxygen atoms in total. The standard InChI is InChI=1S/C28H58/c1-9-15-18-19-21-26(25(7)8)28(14-6,24-20-16-10-2)27(13-5,22-12-4)23-17-11-3/h25-26H,9-24H2,1-8H3. The lowest BCUT2D eigenvalue weighted by Gasteiger charge is -2.57. The summed E-state index contributed by atoms with van der Waals surface area (Å²) in [5.41, 5.74) is 1.10. The van der Waals surface area contributed by atoms with E-state index in [0.29, 0.717) is 10.8 Å². The quantitative estimate of drug-likeness (QED) is 0.191. The van der Waals surface area contributed by atoms with Gasteiger partial charge in [-0.1, -0.05) is 120 Å². The Hall–Kier alpha value is 0. The van der Waals surface area contributed by atoms with E-state index in [1.165, 1.54) is 103 Å². The normalized spacial score (nSPS) is 17.5. The van der Waals surface area contributed by atoms with Gasteiger partial charge < -0.3 is 0 Å². The lowest BCUT2D eigenvalue weighted by Crippen LogP contribution is -2.48. The second kappa shape index (κ2) is 15.8. The van der Waals surface area contributed by atoms with E-state index in [1.807, 2.05) is 0 Å². The highest BCUT2D eigenvalue weighted by Gasteiger charge is 2.51. The average molecular weight is 395 g/mol. The van der Waals surface area contributed by atoms with Crippen LogP contribution in [-0.4, -0.2) is 0 Å². The van der Waals surface area contributed by atoms with Gasteiger partial charge in [-0.15, -0.1) is 0 Å². The van der Waals surface area contributed by atoms with Gasteiger partial charge in [0, 0.05) is 0 Å². The molecule has 0 aromatic heterocycles. The van der Waals surface area contributed by atoms with Crippen LogP contribution in [0.5, 0.6) is 0 Å². The van der Waals surface area contributed by atoms with E-state index in [-0.39, 0.29) is 0 Å². The van der Waals surface area contributed by atoms with Gasteiger partial charge in [0.15, 0.2) is 0 Å². The molecule has 3 atom stereocenters. The largest absolute Gasteiger partial charge is 0.0654 e. The summed E-state index contributed by atoms with van der Waals surface area (Å²) >= 11 is 0. The summed E-state index contributed by atoms with van der Waals surface area (Å²) in [6.07, 6.45) is 22.6. The van der Waals surface area contributed by atoms with E-state index in [0.717, 1.165) is 11.8 Å². The van der Waals surface area contributed by atoms with Crippen molar-refractivity contribution < 1.29 is 0 Å². The zero-order chi connectivity index (χ0) is 21.5. The fourth-order valence-electron chi connectivity index (χ4n) is 6.71. The van der Waals surface area contributed by atoms with Gasteiger partial charge in [-0.3, -0.25) is 0 Å². The average Bonchev–Trinajstić information content (AvgIpc) is 2.69. The molecule has 0 aliphatic carbocycles. The third kappa shape index (κ3) is 7.68. The Labute approximate surface area is 181 Å². The topological polar surface area (TPSA) is 0 Å². The van der Waals surface area contributed by atoms with Crippen LogP contribution in [0.25, 0.3) is 0 Å². The van der Waals surface area contributed by atoms with Crippen LogP contribution in [0.2, 0.25) is 0 Å². The molecule has 0 heteroatoms. The molecule has 170 valence electrons. The van der Waals surface area contributed by atoms with Crippen molar-refractivity contribution in [3.8, 4) is 0 Å². The lowest BCUT2D eigenvalue weighted by molar-refractivity contribution is -0.0777. The van der Waals surface area contributed by atoms with E-state index < -0.39 is 0 Å². The summed E-state index contributed by atoms with van der Waals surface area (Å²) in [5, 5.41) is 0. The Morgan fingerprint density at radius 3 is 1.61 bits per heavy atom. The van der Waals surface area contributed by atoms with Crippen molar-refractivity contribution in [3.05, 3.63) is 0 Å². The van der Waals surface area contributed by atoms with E-state index >= 15 is 0 Å². The van der Waals surface area contributed by atoms with E-state index in [4.69, 9.17) is 0 Å². The molecule has 0 bridgehead atoms. The van der Waals surface area contributed by atoms with Crippen LogP contribution in [0.1, 0.15) is 158 Å². The van der Waals surface area contributed by atoms with Crippen LogP contribution in [0, 0.1) is 22.7 Å². The van der Waals surface area contributed by atoms with Crippen LogP contribution in [0.3, 0.4) is 0 Å². The summed E-state index contributed by atoms with van der Waals surface area (Å²) < 4.78 is 0. The third-order valence-corrected chi connectivity index (χ3v) is 8.21. The summed E-state index contributed by atoms with van der Waals surface area (Å²) in [6, 6.07) is 0. The molecule has 0 fully saturated rings. The van der Waals surface area contributed by atoms with Gasteiger partial charge in [0.05, 0.1) is 0 Å². The van der Waals surface area contributed by atoms with Crippen molar-refractivity contribution in [2.75, 3.05) is 0 Å². The summed E-state index contributed by atoms with van der Waals surface area (Å²) in [7, 11) is 0. The Kier molecular flexibility index (Phi) is 15.8. The van der Waals surface area contributed by atoms with Gasteiger partial charge in [0.2, 0.25) is 0 Å². The SMILES string of the molecule is CCCCCCC(C(C)C)C(CC)(CCCCC)C(CC)(CCC)CCCC. The first-order valence-electron chi connectivity index (χ1n) is 13.4. The summed E-state index contributed by atoms with van der Waals surface area (Å²) in [5.74, 6) is 1.71. The van der Waals surface area contributed by atoms with Crippen LogP contribution in [0.15, 0.2) is 0 Å². The lowest BCUT2D eigenvalue weighted by atomic mass is 9.47. The maximum absolute atomic E-state index is 2.55. The first-order chi connectivity index (χ1) is 13.4. The van der Waals surface area contributed by atoms with Crippen molar-refractivity contribution >= 4 is 0 Å². The van der Waals surface area contributed by atoms with Gasteiger partial charge in [-0.05, 0) is 61.2 Å². The molecule has 0 N–H and O–H groups in total. The van der Waals surface area contributed by atoms with Gasteiger partial charge >= 0.3 is 0 Å². The maximum Gasteiger partial charge on any atom is -0.0213 e. The molecule has 0 radical (unpaired) electrons. The zero-order valence-electron chi connectivity index (χ0n) is 21.5. The molecule has 0 heterocycles. The van der Waals surface area contributed by atoms with Crippen LogP contribution in [0.4, 0.5) is 0 Å². The Morgan fingerprint density at radius 1 is 0.536 bits per heavy atom. The summed E-state index contributed by atoms with van der Waals surface area (Å²) in [4.78, 5) is 0. The van der Waals surface area contributed by atoms with Crippen molar-refractivity contribution in [1.82, 2.24) is 0 Å². The number of unbranched alkanes of at least 4 members (excludes halogenated alkanes) is 6. The van der Waals surface area contributed by atoms with Crippen molar-refractivity contribution in [2.45, 2.75) is 158 Å². The van der Waals surface area contributed by atoms with Gasteiger partial charge in [-0.25, -0.2) is 0 Å². The van der Waals surface area contributed by atoms with E-state index in [1.54, 1.807) is 0 Å². The molecule has 0 saturated heterocycles. The molecule has 0 saturated carbocycles. The highest BCUT2D eigenvalue weighted by Crippen LogP contribution is 2.61. The second-order valence-corrected chi connectivity index (χ2v) is 10.2. The molecule has 0 aliphatic rings. The predicted octanol–water partition coefficient (Wildman–Crippen LogP) is 10.6. The maximum atomic E-state index is 2.55. The molecular weight excluding hydrogens is 336 g/mol. The minimum atomic E-state index is 0.544. The zero-order valence-corrected chi connectivity index (χ0v) is 21.5. The smallest absolute Gasteiger partial charge is 0.0213 e. The minimum Gasteiger partial charge on any atom is -0.0654 e. The van der Waals surface area contributed by atoms with Crippen LogP contribution >= 0.6 is 0 Å². The number of hydrogen-bond acceptors (Lipinski definition) is 0. The molecule has 0 spiro atoms. The fraction of sp³-hybridized carbons (Fsp3) is 1.00. The van der Waals surface area contributed by atoms with Crippen molar-refractivity contribution in [1.29, 1.82) is 0 Å². The molecule has 0 aromatic carbocycles. The molecular formula is C28H58. The highest BCUT2D eigenvalue weighted by molar-refractivity contribution is 5.01. The molecule has 0 aromatic rings. The van der Waals surface area contributed by atoms with Gasteiger partial charge in [-0.2, -0.15) is 0 Å². The Bertz CT molecular complexity index is 344. The molecule has 0 rings (SSSR count). The minimum absolute atomic E-state index is 0.544. The van der Waals surface area contributed by atoms with Crippen LogP contribution in [-0.2, 0) is 0 Å². The molecule has 28 heavy (non-hydrogen) atoms. The second-order valence-electron chi connectivity index (χ2n) is 10.2.